The zero-order valence-electron chi connectivity index (χ0n) is 11.9. The van der Waals surface area contributed by atoms with E-state index in [4.69, 9.17) is 4.74 Å². The molecule has 20 heavy (non-hydrogen) atoms. The molecule has 2 aromatic carbocycles. The SMILES string of the molecule is COc1ccccc1CC(=O)c1cc(C)c(Br)c(C)c1. The van der Waals surface area contributed by atoms with Gasteiger partial charge in [0.25, 0.3) is 0 Å². The lowest BCUT2D eigenvalue weighted by molar-refractivity contribution is 0.0992. The van der Waals surface area contributed by atoms with E-state index in [0.29, 0.717) is 6.42 Å². The Morgan fingerprint density at radius 2 is 1.75 bits per heavy atom. The number of benzene rings is 2. The smallest absolute Gasteiger partial charge is 0.167 e. The van der Waals surface area contributed by atoms with E-state index in [-0.39, 0.29) is 5.78 Å². The van der Waals surface area contributed by atoms with Gasteiger partial charge in [0.15, 0.2) is 5.78 Å². The molecule has 2 aromatic rings. The zero-order valence-corrected chi connectivity index (χ0v) is 13.5. The Morgan fingerprint density at radius 3 is 2.35 bits per heavy atom. The lowest BCUT2D eigenvalue weighted by Crippen LogP contribution is -2.06. The molecule has 0 aliphatic carbocycles. The number of carbonyl (C=O) groups is 1. The molecule has 2 nitrogen and oxygen atoms in total. The Hall–Kier alpha value is -1.61. The van der Waals surface area contributed by atoms with Gasteiger partial charge in [-0.2, -0.15) is 0 Å². The number of hydrogen-bond donors (Lipinski definition) is 0. The average molecular weight is 333 g/mol. The molecule has 0 spiro atoms. The molecule has 0 aliphatic rings. The lowest BCUT2D eigenvalue weighted by atomic mass is 9.99. The quantitative estimate of drug-likeness (QED) is 0.770. The summed E-state index contributed by atoms with van der Waals surface area (Å²) >= 11 is 3.52. The minimum atomic E-state index is 0.105. The van der Waals surface area contributed by atoms with Gasteiger partial charge in [-0.25, -0.2) is 0 Å². The van der Waals surface area contributed by atoms with Crippen molar-refractivity contribution in [3.63, 3.8) is 0 Å². The predicted molar refractivity (Wildman–Crippen MR) is 84.6 cm³/mol. The van der Waals surface area contributed by atoms with E-state index in [9.17, 15) is 4.79 Å². The highest BCUT2D eigenvalue weighted by atomic mass is 79.9. The van der Waals surface area contributed by atoms with Gasteiger partial charge in [0.2, 0.25) is 0 Å². The highest BCUT2D eigenvalue weighted by Crippen LogP contribution is 2.24. The summed E-state index contributed by atoms with van der Waals surface area (Å²) < 4.78 is 6.35. The fourth-order valence-corrected chi connectivity index (χ4v) is 2.46. The maximum absolute atomic E-state index is 12.4. The molecule has 0 N–H and O–H groups in total. The molecule has 2 rings (SSSR count). The van der Waals surface area contributed by atoms with E-state index in [2.05, 4.69) is 15.9 Å². The largest absolute Gasteiger partial charge is 0.496 e. The van der Waals surface area contributed by atoms with Crippen LogP contribution < -0.4 is 4.74 Å². The summed E-state index contributed by atoms with van der Waals surface area (Å²) in [5.74, 6) is 0.861. The summed E-state index contributed by atoms with van der Waals surface area (Å²) in [4.78, 5) is 12.4. The van der Waals surface area contributed by atoms with Gasteiger partial charge in [0, 0.05) is 22.0 Å². The number of ether oxygens (including phenoxy) is 1. The van der Waals surface area contributed by atoms with Gasteiger partial charge in [-0.1, -0.05) is 34.1 Å². The van der Waals surface area contributed by atoms with Gasteiger partial charge in [-0.05, 0) is 43.2 Å². The summed E-state index contributed by atoms with van der Waals surface area (Å²) in [5, 5.41) is 0. The number of rotatable bonds is 4. The second kappa shape index (κ2) is 6.23. The fourth-order valence-electron chi connectivity index (χ4n) is 2.23. The van der Waals surface area contributed by atoms with E-state index in [1.165, 1.54) is 0 Å². The maximum Gasteiger partial charge on any atom is 0.167 e. The van der Waals surface area contributed by atoms with Crippen LogP contribution in [0, 0.1) is 13.8 Å². The topological polar surface area (TPSA) is 26.3 Å². The molecule has 0 aliphatic heterocycles. The highest BCUT2D eigenvalue weighted by Gasteiger charge is 2.12. The number of para-hydroxylation sites is 1. The van der Waals surface area contributed by atoms with Crippen LogP contribution in [-0.4, -0.2) is 12.9 Å². The Balaban J connectivity index is 2.29. The first-order chi connectivity index (χ1) is 9.52. The van der Waals surface area contributed by atoms with Crippen molar-refractivity contribution in [1.82, 2.24) is 0 Å². The van der Waals surface area contributed by atoms with Crippen LogP contribution in [0.4, 0.5) is 0 Å². The summed E-state index contributed by atoms with van der Waals surface area (Å²) in [6.07, 6.45) is 0.352. The molecule has 0 atom stereocenters. The van der Waals surface area contributed by atoms with Crippen molar-refractivity contribution in [2.45, 2.75) is 20.3 Å². The number of Topliss-reactive ketones (excluding diaryl/α,β-unsaturated/α-hetero) is 1. The summed E-state index contributed by atoms with van der Waals surface area (Å²) in [5.41, 5.74) is 3.81. The predicted octanol–water partition coefficient (Wildman–Crippen LogP) is 4.50. The number of halogens is 1. The van der Waals surface area contributed by atoms with Crippen LogP contribution in [0.25, 0.3) is 0 Å². The second-order valence-electron chi connectivity index (χ2n) is 4.84. The molecule has 0 amide bonds. The normalized spacial score (nSPS) is 10.4. The molecule has 104 valence electrons. The van der Waals surface area contributed by atoms with Crippen LogP contribution >= 0.6 is 15.9 Å². The van der Waals surface area contributed by atoms with Crippen molar-refractivity contribution in [2.75, 3.05) is 7.11 Å². The number of ketones is 1. The van der Waals surface area contributed by atoms with Crippen LogP contribution in [0.5, 0.6) is 5.75 Å². The van der Waals surface area contributed by atoms with Crippen LogP contribution in [0.3, 0.4) is 0 Å². The van der Waals surface area contributed by atoms with Crippen molar-refractivity contribution < 1.29 is 9.53 Å². The van der Waals surface area contributed by atoms with Gasteiger partial charge in [0.05, 0.1) is 7.11 Å². The molecular weight excluding hydrogens is 316 g/mol. The Kier molecular flexibility index (Phi) is 4.61. The third-order valence-electron chi connectivity index (χ3n) is 3.30. The molecule has 3 heteroatoms. The molecule has 0 radical (unpaired) electrons. The van der Waals surface area contributed by atoms with Crippen molar-refractivity contribution in [1.29, 1.82) is 0 Å². The van der Waals surface area contributed by atoms with Gasteiger partial charge in [0.1, 0.15) is 5.75 Å². The Morgan fingerprint density at radius 1 is 1.15 bits per heavy atom. The van der Waals surface area contributed by atoms with Crippen molar-refractivity contribution in [3.05, 3.63) is 63.1 Å². The number of hydrogen-bond acceptors (Lipinski definition) is 2. The first-order valence-corrected chi connectivity index (χ1v) is 7.24. The third-order valence-corrected chi connectivity index (χ3v) is 4.55. The van der Waals surface area contributed by atoms with Crippen LogP contribution in [0.1, 0.15) is 27.0 Å². The first-order valence-electron chi connectivity index (χ1n) is 6.44. The summed E-state index contributed by atoms with van der Waals surface area (Å²) in [6.45, 7) is 3.99. The van der Waals surface area contributed by atoms with E-state index < -0.39 is 0 Å². The maximum atomic E-state index is 12.4. The van der Waals surface area contributed by atoms with Gasteiger partial charge in [-0.15, -0.1) is 0 Å². The number of carbonyl (C=O) groups excluding carboxylic acids is 1. The van der Waals surface area contributed by atoms with Gasteiger partial charge >= 0.3 is 0 Å². The lowest BCUT2D eigenvalue weighted by Gasteiger charge is -2.09. The van der Waals surface area contributed by atoms with E-state index in [1.807, 2.05) is 50.2 Å². The van der Waals surface area contributed by atoms with Crippen LogP contribution in [-0.2, 0) is 6.42 Å². The Labute approximate surface area is 127 Å². The zero-order chi connectivity index (χ0) is 14.7. The standard InChI is InChI=1S/C17H17BrO2/c1-11-8-14(9-12(2)17(11)18)15(19)10-13-6-4-5-7-16(13)20-3/h4-9H,10H2,1-3H3. The highest BCUT2D eigenvalue weighted by molar-refractivity contribution is 9.10. The average Bonchev–Trinajstić information content (AvgIpc) is 2.44. The molecule has 0 fully saturated rings. The monoisotopic (exact) mass is 332 g/mol. The molecule has 0 aromatic heterocycles. The second-order valence-corrected chi connectivity index (χ2v) is 5.63. The van der Waals surface area contributed by atoms with Crippen LogP contribution in [0.15, 0.2) is 40.9 Å². The molecule has 0 saturated heterocycles. The number of aryl methyl sites for hydroxylation is 2. The fraction of sp³-hybridized carbons (Fsp3) is 0.235. The Bertz CT molecular complexity index is 624. The summed E-state index contributed by atoms with van der Waals surface area (Å²) in [6, 6.07) is 11.5. The van der Waals surface area contributed by atoms with Crippen molar-refractivity contribution in [3.8, 4) is 5.75 Å². The summed E-state index contributed by atoms with van der Waals surface area (Å²) in [7, 11) is 1.62. The first kappa shape index (κ1) is 14.8. The minimum absolute atomic E-state index is 0.105. The van der Waals surface area contributed by atoms with E-state index in [1.54, 1.807) is 7.11 Å². The van der Waals surface area contributed by atoms with Crippen molar-refractivity contribution in [2.24, 2.45) is 0 Å². The number of methoxy groups -OCH3 is 1. The van der Waals surface area contributed by atoms with E-state index >= 15 is 0 Å². The van der Waals surface area contributed by atoms with Crippen LogP contribution in [0.2, 0.25) is 0 Å². The molecule has 0 unspecified atom stereocenters. The van der Waals surface area contributed by atoms with Crippen molar-refractivity contribution >= 4 is 21.7 Å². The molecule has 0 saturated carbocycles. The molecule has 0 bridgehead atoms. The van der Waals surface area contributed by atoms with E-state index in [0.717, 1.165) is 32.5 Å². The third kappa shape index (κ3) is 3.10. The minimum Gasteiger partial charge on any atom is -0.496 e. The van der Waals surface area contributed by atoms with Gasteiger partial charge < -0.3 is 4.74 Å². The molecular formula is C17H17BrO2. The van der Waals surface area contributed by atoms with Gasteiger partial charge in [-0.3, -0.25) is 4.79 Å². The molecule has 0 heterocycles.